The number of hydrogen-bond donors (Lipinski definition) is 0. The van der Waals surface area contributed by atoms with E-state index in [1.807, 2.05) is 11.3 Å². The zero-order valence-corrected chi connectivity index (χ0v) is 9.70. The summed E-state index contributed by atoms with van der Waals surface area (Å²) in [4.78, 5) is 11.6. The molecule has 1 nitrogen and oxygen atoms in total. The second-order valence-electron chi connectivity index (χ2n) is 2.56. The standard InChI is InChI=1S/C8H8OS2Se/c9-7-4-6(5-11-7)12-8-2-1-3-10-8/h1-3,6H,4-5H2. The van der Waals surface area contributed by atoms with Crippen molar-refractivity contribution in [3.8, 4) is 0 Å². The minimum atomic E-state index is 0.387. The summed E-state index contributed by atoms with van der Waals surface area (Å²) < 4.78 is 1.47. The van der Waals surface area contributed by atoms with Crippen LogP contribution in [0.15, 0.2) is 17.5 Å². The molecule has 0 saturated carbocycles. The molecule has 0 N–H and O–H groups in total. The average molecular weight is 263 g/mol. The van der Waals surface area contributed by atoms with Gasteiger partial charge >= 0.3 is 86.2 Å². The third-order valence-corrected chi connectivity index (χ3v) is 7.08. The summed E-state index contributed by atoms with van der Waals surface area (Å²) in [5, 5.41) is 2.50. The Morgan fingerprint density at radius 3 is 3.08 bits per heavy atom. The molecule has 0 amide bonds. The van der Waals surface area contributed by atoms with Crippen LogP contribution in [0.2, 0.25) is 4.82 Å². The van der Waals surface area contributed by atoms with Crippen LogP contribution in [0.25, 0.3) is 0 Å². The number of thiophene rings is 1. The summed E-state index contributed by atoms with van der Waals surface area (Å²) >= 11 is 3.86. The Bertz CT molecular complexity index is 271. The van der Waals surface area contributed by atoms with Crippen molar-refractivity contribution in [1.29, 1.82) is 0 Å². The summed E-state index contributed by atoms with van der Waals surface area (Å²) in [5.41, 5.74) is 0. The van der Waals surface area contributed by atoms with E-state index in [4.69, 9.17) is 0 Å². The van der Waals surface area contributed by atoms with Crippen molar-refractivity contribution in [2.45, 2.75) is 11.2 Å². The topological polar surface area (TPSA) is 17.1 Å². The van der Waals surface area contributed by atoms with Crippen LogP contribution < -0.4 is 3.78 Å². The van der Waals surface area contributed by atoms with Crippen LogP contribution in [0.4, 0.5) is 0 Å². The molecule has 1 unspecified atom stereocenters. The van der Waals surface area contributed by atoms with Gasteiger partial charge in [-0.3, -0.25) is 0 Å². The van der Waals surface area contributed by atoms with Crippen molar-refractivity contribution in [3.63, 3.8) is 0 Å². The molecule has 4 heteroatoms. The average Bonchev–Trinajstić information content (AvgIpc) is 2.63. The fourth-order valence-corrected chi connectivity index (χ4v) is 6.45. The van der Waals surface area contributed by atoms with E-state index in [-0.39, 0.29) is 0 Å². The molecule has 0 radical (unpaired) electrons. The van der Waals surface area contributed by atoms with Crippen molar-refractivity contribution in [3.05, 3.63) is 17.5 Å². The summed E-state index contributed by atoms with van der Waals surface area (Å²) in [6, 6.07) is 4.27. The summed E-state index contributed by atoms with van der Waals surface area (Å²) in [6.45, 7) is 0. The van der Waals surface area contributed by atoms with Gasteiger partial charge in [-0.15, -0.1) is 0 Å². The number of rotatable bonds is 2. The third-order valence-electron chi connectivity index (χ3n) is 1.60. The molecule has 1 aromatic heterocycles. The van der Waals surface area contributed by atoms with E-state index < -0.39 is 0 Å². The van der Waals surface area contributed by atoms with Crippen LogP contribution in [-0.2, 0) is 4.79 Å². The van der Waals surface area contributed by atoms with Gasteiger partial charge in [0.2, 0.25) is 0 Å². The number of hydrogen-bond acceptors (Lipinski definition) is 3. The molecule has 0 aliphatic carbocycles. The number of carbonyl (C=O) groups is 1. The van der Waals surface area contributed by atoms with Gasteiger partial charge in [-0.2, -0.15) is 0 Å². The van der Waals surface area contributed by atoms with Crippen molar-refractivity contribution < 1.29 is 4.79 Å². The van der Waals surface area contributed by atoms with Gasteiger partial charge in [-0.25, -0.2) is 0 Å². The molecule has 0 bridgehead atoms. The molecule has 1 aliphatic heterocycles. The summed E-state index contributed by atoms with van der Waals surface area (Å²) in [5.74, 6) is 1.05. The van der Waals surface area contributed by atoms with Gasteiger partial charge in [0, 0.05) is 0 Å². The Morgan fingerprint density at radius 1 is 1.58 bits per heavy atom. The second kappa shape index (κ2) is 3.97. The Morgan fingerprint density at radius 2 is 2.50 bits per heavy atom. The zero-order chi connectivity index (χ0) is 8.39. The molecule has 0 aromatic carbocycles. The Balaban J connectivity index is 1.92. The van der Waals surface area contributed by atoms with E-state index >= 15 is 0 Å². The Kier molecular flexibility index (Phi) is 2.91. The van der Waals surface area contributed by atoms with Crippen LogP contribution in [0.1, 0.15) is 6.42 Å². The number of thioether (sulfide) groups is 1. The van der Waals surface area contributed by atoms with Crippen molar-refractivity contribution in [2.24, 2.45) is 0 Å². The summed E-state index contributed by atoms with van der Waals surface area (Å²) in [7, 11) is 0. The van der Waals surface area contributed by atoms with Gasteiger partial charge in [0.05, 0.1) is 0 Å². The quantitative estimate of drug-likeness (QED) is 0.753. The maximum absolute atomic E-state index is 11.0. The molecule has 1 aromatic rings. The van der Waals surface area contributed by atoms with Crippen LogP contribution >= 0.6 is 23.1 Å². The fraction of sp³-hybridized carbons (Fsp3) is 0.375. The second-order valence-corrected chi connectivity index (χ2v) is 7.98. The predicted molar refractivity (Wildman–Crippen MR) is 55.5 cm³/mol. The SMILES string of the molecule is O=C1CC([Se]c2cccs2)CS1. The molecule has 0 spiro atoms. The summed E-state index contributed by atoms with van der Waals surface area (Å²) in [6.07, 6.45) is 0.808. The molecular weight excluding hydrogens is 255 g/mol. The van der Waals surface area contributed by atoms with Crippen LogP contribution in [-0.4, -0.2) is 25.8 Å². The van der Waals surface area contributed by atoms with Gasteiger partial charge in [0.15, 0.2) is 0 Å². The van der Waals surface area contributed by atoms with Crippen LogP contribution in [0, 0.1) is 0 Å². The monoisotopic (exact) mass is 264 g/mol. The van der Waals surface area contributed by atoms with E-state index in [2.05, 4.69) is 17.5 Å². The van der Waals surface area contributed by atoms with Gasteiger partial charge in [0.25, 0.3) is 0 Å². The van der Waals surface area contributed by atoms with E-state index in [1.165, 1.54) is 15.5 Å². The first kappa shape index (κ1) is 8.82. The molecule has 64 valence electrons. The number of carbonyl (C=O) groups excluding carboxylic acids is 1. The van der Waals surface area contributed by atoms with E-state index in [0.717, 1.165) is 12.2 Å². The molecule has 1 aliphatic rings. The van der Waals surface area contributed by atoms with E-state index in [9.17, 15) is 4.79 Å². The normalized spacial score (nSPS) is 23.3. The van der Waals surface area contributed by atoms with E-state index in [1.54, 1.807) is 0 Å². The molecule has 12 heavy (non-hydrogen) atoms. The maximum atomic E-state index is 11.0. The van der Waals surface area contributed by atoms with Gasteiger partial charge in [-0.1, -0.05) is 0 Å². The van der Waals surface area contributed by atoms with Crippen LogP contribution in [0.5, 0.6) is 0 Å². The Hall–Kier alpha value is 0.239. The fourth-order valence-electron chi connectivity index (χ4n) is 1.06. The predicted octanol–water partition coefficient (Wildman–Crippen LogP) is 1.53. The van der Waals surface area contributed by atoms with Crippen molar-refractivity contribution in [1.82, 2.24) is 0 Å². The molecule has 2 heterocycles. The van der Waals surface area contributed by atoms with Gasteiger partial charge < -0.3 is 0 Å². The van der Waals surface area contributed by atoms with Gasteiger partial charge in [0.1, 0.15) is 0 Å². The third kappa shape index (κ3) is 2.13. The van der Waals surface area contributed by atoms with Gasteiger partial charge in [-0.05, 0) is 0 Å². The Labute approximate surface area is 86.1 Å². The molecule has 1 saturated heterocycles. The molecule has 1 atom stereocenters. The van der Waals surface area contributed by atoms with E-state index in [0.29, 0.717) is 24.9 Å². The molecule has 2 rings (SSSR count). The zero-order valence-electron chi connectivity index (χ0n) is 6.36. The first-order valence-corrected chi connectivity index (χ1v) is 7.41. The van der Waals surface area contributed by atoms with Crippen molar-refractivity contribution >= 4 is 46.9 Å². The first-order valence-electron chi connectivity index (χ1n) is 3.70. The molecule has 1 fully saturated rings. The van der Waals surface area contributed by atoms with Crippen molar-refractivity contribution in [2.75, 3.05) is 5.75 Å². The molecular formula is C8H8OS2Se. The van der Waals surface area contributed by atoms with Crippen LogP contribution in [0.3, 0.4) is 0 Å². The minimum absolute atomic E-state index is 0.387. The first-order chi connectivity index (χ1) is 5.84.